The van der Waals surface area contributed by atoms with Crippen LogP contribution >= 0.6 is 0 Å². The molecule has 0 saturated heterocycles. The van der Waals surface area contributed by atoms with Gasteiger partial charge in [0.25, 0.3) is 0 Å². The second kappa shape index (κ2) is 4.85. The van der Waals surface area contributed by atoms with Gasteiger partial charge >= 0.3 is 0 Å². The minimum Gasteiger partial charge on any atom is -0.496 e. The van der Waals surface area contributed by atoms with Crippen molar-refractivity contribution >= 4 is 17.2 Å². The van der Waals surface area contributed by atoms with Crippen molar-refractivity contribution in [2.45, 2.75) is 0 Å². The summed E-state index contributed by atoms with van der Waals surface area (Å²) in [4.78, 5) is 11.2. The lowest BCUT2D eigenvalue weighted by Crippen LogP contribution is -1.94. The van der Waals surface area contributed by atoms with E-state index in [1.54, 1.807) is 7.11 Å². The summed E-state index contributed by atoms with van der Waals surface area (Å²) in [6.07, 6.45) is 0.897. The molecule has 3 aromatic rings. The molecule has 100 valence electrons. The SMILES string of the molecule is COc1ccccc1-c1cc2c(C=O)cccc2n1C. The van der Waals surface area contributed by atoms with Crippen molar-refractivity contribution in [2.24, 2.45) is 7.05 Å². The van der Waals surface area contributed by atoms with Crippen molar-refractivity contribution < 1.29 is 9.53 Å². The number of aldehydes is 1. The number of para-hydroxylation sites is 1. The first kappa shape index (κ1) is 12.5. The largest absolute Gasteiger partial charge is 0.496 e. The first-order valence-corrected chi connectivity index (χ1v) is 6.43. The lowest BCUT2D eigenvalue weighted by atomic mass is 10.1. The van der Waals surface area contributed by atoms with Crippen molar-refractivity contribution in [3.8, 4) is 17.0 Å². The van der Waals surface area contributed by atoms with Crippen LogP contribution in [0.4, 0.5) is 0 Å². The van der Waals surface area contributed by atoms with Gasteiger partial charge in [-0.25, -0.2) is 0 Å². The smallest absolute Gasteiger partial charge is 0.150 e. The highest BCUT2D eigenvalue weighted by Gasteiger charge is 2.13. The van der Waals surface area contributed by atoms with Crippen LogP contribution in [0.5, 0.6) is 5.75 Å². The Morgan fingerprint density at radius 2 is 1.90 bits per heavy atom. The van der Waals surface area contributed by atoms with Crippen LogP contribution in [0.25, 0.3) is 22.2 Å². The molecule has 0 saturated carbocycles. The molecular weight excluding hydrogens is 250 g/mol. The van der Waals surface area contributed by atoms with Gasteiger partial charge < -0.3 is 9.30 Å². The Labute approximate surface area is 117 Å². The van der Waals surface area contributed by atoms with E-state index < -0.39 is 0 Å². The van der Waals surface area contributed by atoms with Gasteiger partial charge in [-0.15, -0.1) is 0 Å². The maximum atomic E-state index is 11.2. The van der Waals surface area contributed by atoms with Crippen molar-refractivity contribution in [1.82, 2.24) is 4.57 Å². The zero-order chi connectivity index (χ0) is 14.1. The highest BCUT2D eigenvalue weighted by atomic mass is 16.5. The molecule has 0 fully saturated rings. The minimum absolute atomic E-state index is 0.708. The zero-order valence-electron chi connectivity index (χ0n) is 11.5. The minimum atomic E-state index is 0.708. The fourth-order valence-corrected chi connectivity index (χ4v) is 2.60. The van der Waals surface area contributed by atoms with Gasteiger partial charge in [-0.05, 0) is 24.3 Å². The second-order valence-electron chi connectivity index (χ2n) is 4.69. The normalized spacial score (nSPS) is 10.7. The van der Waals surface area contributed by atoms with E-state index in [9.17, 15) is 4.79 Å². The van der Waals surface area contributed by atoms with E-state index in [-0.39, 0.29) is 0 Å². The zero-order valence-corrected chi connectivity index (χ0v) is 11.5. The van der Waals surface area contributed by atoms with Crippen LogP contribution in [0, 0.1) is 0 Å². The van der Waals surface area contributed by atoms with Crippen molar-refractivity contribution in [1.29, 1.82) is 0 Å². The number of nitrogens with zero attached hydrogens (tertiary/aromatic N) is 1. The van der Waals surface area contributed by atoms with Crippen molar-refractivity contribution in [2.75, 3.05) is 7.11 Å². The molecule has 0 radical (unpaired) electrons. The first-order chi connectivity index (χ1) is 9.76. The molecule has 0 unspecified atom stereocenters. The standard InChI is InChI=1S/C17H15NO2/c1-18-15-8-5-6-12(11-19)14(15)10-16(18)13-7-3-4-9-17(13)20-2/h3-11H,1-2H3. The topological polar surface area (TPSA) is 31.2 Å². The molecule has 0 spiro atoms. The number of benzene rings is 2. The summed E-state index contributed by atoms with van der Waals surface area (Å²) >= 11 is 0. The quantitative estimate of drug-likeness (QED) is 0.677. The summed E-state index contributed by atoms with van der Waals surface area (Å²) in [7, 11) is 3.66. The fraction of sp³-hybridized carbons (Fsp3) is 0.118. The number of hydrogen-bond acceptors (Lipinski definition) is 2. The van der Waals surface area contributed by atoms with Gasteiger partial charge in [0.15, 0.2) is 6.29 Å². The average Bonchev–Trinajstić information content (AvgIpc) is 2.84. The molecule has 3 rings (SSSR count). The maximum Gasteiger partial charge on any atom is 0.150 e. The number of fused-ring (bicyclic) bond motifs is 1. The maximum absolute atomic E-state index is 11.2. The molecule has 1 heterocycles. The van der Waals surface area contributed by atoms with E-state index in [1.807, 2.05) is 55.6 Å². The fourth-order valence-electron chi connectivity index (χ4n) is 2.60. The van der Waals surface area contributed by atoms with Crippen molar-refractivity contribution in [3.05, 3.63) is 54.1 Å². The van der Waals surface area contributed by atoms with Crippen LogP contribution in [-0.2, 0) is 7.05 Å². The first-order valence-electron chi connectivity index (χ1n) is 6.43. The van der Waals surface area contributed by atoms with E-state index in [0.29, 0.717) is 5.56 Å². The van der Waals surface area contributed by atoms with Crippen LogP contribution in [-0.4, -0.2) is 18.0 Å². The Balaban J connectivity index is 2.32. The van der Waals surface area contributed by atoms with E-state index in [1.165, 1.54) is 0 Å². The molecule has 0 N–H and O–H groups in total. The predicted molar refractivity (Wildman–Crippen MR) is 80.3 cm³/mol. The Kier molecular flexibility index (Phi) is 3.03. The van der Waals surface area contributed by atoms with Gasteiger partial charge in [0.1, 0.15) is 5.75 Å². The summed E-state index contributed by atoms with van der Waals surface area (Å²) in [6, 6.07) is 15.7. The molecule has 3 nitrogen and oxygen atoms in total. The van der Waals surface area contributed by atoms with E-state index in [0.717, 1.165) is 34.2 Å². The average molecular weight is 265 g/mol. The summed E-state index contributed by atoms with van der Waals surface area (Å²) < 4.78 is 7.51. The molecule has 0 aliphatic carbocycles. The number of ether oxygens (including phenoxy) is 1. The second-order valence-corrected chi connectivity index (χ2v) is 4.69. The highest BCUT2D eigenvalue weighted by Crippen LogP contribution is 2.34. The number of aryl methyl sites for hydroxylation is 1. The predicted octanol–water partition coefficient (Wildman–Crippen LogP) is 3.67. The Morgan fingerprint density at radius 3 is 2.65 bits per heavy atom. The van der Waals surface area contributed by atoms with Crippen molar-refractivity contribution in [3.63, 3.8) is 0 Å². The molecular formula is C17H15NO2. The molecule has 2 aromatic carbocycles. The molecule has 0 aliphatic rings. The van der Waals surface area contributed by atoms with Gasteiger partial charge in [0.05, 0.1) is 12.8 Å². The molecule has 0 bridgehead atoms. The monoisotopic (exact) mass is 265 g/mol. The summed E-state index contributed by atoms with van der Waals surface area (Å²) in [5.74, 6) is 0.825. The molecule has 3 heteroatoms. The van der Waals surface area contributed by atoms with E-state index in [4.69, 9.17) is 4.74 Å². The molecule has 0 atom stereocenters. The van der Waals surface area contributed by atoms with E-state index >= 15 is 0 Å². The molecule has 0 amide bonds. The van der Waals surface area contributed by atoms with Gasteiger partial charge in [-0.3, -0.25) is 4.79 Å². The number of hydrogen-bond donors (Lipinski definition) is 0. The van der Waals surface area contributed by atoms with Gasteiger partial charge in [0, 0.05) is 29.1 Å². The Hall–Kier alpha value is -2.55. The van der Waals surface area contributed by atoms with Gasteiger partial charge in [-0.1, -0.05) is 24.3 Å². The van der Waals surface area contributed by atoms with Crippen LogP contribution in [0.2, 0.25) is 0 Å². The third-order valence-corrected chi connectivity index (χ3v) is 3.63. The molecule has 20 heavy (non-hydrogen) atoms. The van der Waals surface area contributed by atoms with Crippen LogP contribution in [0.15, 0.2) is 48.5 Å². The van der Waals surface area contributed by atoms with Crippen LogP contribution in [0.3, 0.4) is 0 Å². The number of aromatic nitrogens is 1. The summed E-state index contributed by atoms with van der Waals surface area (Å²) in [5.41, 5.74) is 3.80. The lowest BCUT2D eigenvalue weighted by Gasteiger charge is -2.09. The highest BCUT2D eigenvalue weighted by molar-refractivity contribution is 6.00. The summed E-state index contributed by atoms with van der Waals surface area (Å²) in [5, 5.41) is 0.964. The molecule has 0 aliphatic heterocycles. The van der Waals surface area contributed by atoms with Gasteiger partial charge in [-0.2, -0.15) is 0 Å². The Morgan fingerprint density at radius 1 is 1.10 bits per heavy atom. The third kappa shape index (κ3) is 1.79. The number of carbonyl (C=O) groups is 1. The van der Waals surface area contributed by atoms with Gasteiger partial charge in [0.2, 0.25) is 0 Å². The number of methoxy groups -OCH3 is 1. The number of rotatable bonds is 3. The Bertz CT molecular complexity index is 787. The third-order valence-electron chi connectivity index (χ3n) is 3.63. The van der Waals surface area contributed by atoms with Crippen LogP contribution < -0.4 is 4.74 Å². The van der Waals surface area contributed by atoms with E-state index in [2.05, 4.69) is 4.57 Å². The molecule has 1 aromatic heterocycles. The van der Waals surface area contributed by atoms with Crippen LogP contribution in [0.1, 0.15) is 10.4 Å². The lowest BCUT2D eigenvalue weighted by molar-refractivity contribution is 0.112. The number of carbonyl (C=O) groups excluding carboxylic acids is 1. The summed E-state index contributed by atoms with van der Waals surface area (Å²) in [6.45, 7) is 0.